The van der Waals surface area contributed by atoms with E-state index in [1.54, 1.807) is 0 Å². The summed E-state index contributed by atoms with van der Waals surface area (Å²) in [6, 6.07) is 36.3. The first kappa shape index (κ1) is 17.8. The molecule has 28 heavy (non-hydrogen) atoms. The molecule has 4 aromatic rings. The first-order valence-electron chi connectivity index (χ1n) is 9.49. The summed E-state index contributed by atoms with van der Waals surface area (Å²) in [5.74, 6) is 0. The molecule has 1 nitrogen and oxygen atoms in total. The molecular weight excluding hydrogens is 338 g/mol. The number of nitrogens with zero attached hydrogens (tertiary/aromatic N) is 1. The van der Waals surface area contributed by atoms with Gasteiger partial charge in [0.15, 0.2) is 0 Å². The molecule has 0 N–H and O–H groups in total. The van der Waals surface area contributed by atoms with Crippen molar-refractivity contribution in [3.63, 3.8) is 0 Å². The lowest BCUT2D eigenvalue weighted by molar-refractivity contribution is 1.28. The van der Waals surface area contributed by atoms with Crippen molar-refractivity contribution in [2.45, 2.75) is 6.92 Å². The van der Waals surface area contributed by atoms with Gasteiger partial charge in [-0.2, -0.15) is 0 Å². The summed E-state index contributed by atoms with van der Waals surface area (Å²) in [4.78, 5) is 2.28. The lowest BCUT2D eigenvalue weighted by Crippen LogP contribution is -2.09. The molecule has 0 aromatic heterocycles. The molecule has 0 bridgehead atoms. The smallest absolute Gasteiger partial charge is 0.0467 e. The van der Waals surface area contributed by atoms with Crippen molar-refractivity contribution in [2.75, 3.05) is 4.90 Å². The number of hydrogen-bond acceptors (Lipinski definition) is 1. The summed E-state index contributed by atoms with van der Waals surface area (Å²) in [6.45, 7) is 5.99. The number of para-hydroxylation sites is 1. The maximum atomic E-state index is 3.86. The van der Waals surface area contributed by atoms with Crippen LogP contribution in [0, 0.1) is 6.92 Å². The predicted molar refractivity (Wildman–Crippen MR) is 121 cm³/mol. The molecule has 136 valence electrons. The van der Waals surface area contributed by atoms with Gasteiger partial charge in [0.25, 0.3) is 0 Å². The van der Waals surface area contributed by atoms with E-state index >= 15 is 0 Å². The largest absolute Gasteiger partial charge is 0.310 e. The van der Waals surface area contributed by atoms with Gasteiger partial charge in [0, 0.05) is 17.1 Å². The van der Waals surface area contributed by atoms with Crippen LogP contribution in [0.5, 0.6) is 0 Å². The van der Waals surface area contributed by atoms with Crippen molar-refractivity contribution in [3.05, 3.63) is 121 Å². The van der Waals surface area contributed by atoms with Crippen LogP contribution in [0.25, 0.3) is 17.2 Å². The van der Waals surface area contributed by atoms with Crippen LogP contribution in [0.4, 0.5) is 17.1 Å². The molecule has 0 fully saturated rings. The van der Waals surface area contributed by atoms with E-state index in [4.69, 9.17) is 0 Å². The summed E-state index contributed by atoms with van der Waals surface area (Å²) in [6.07, 6.45) is 1.87. The summed E-state index contributed by atoms with van der Waals surface area (Å²) in [7, 11) is 0. The highest BCUT2D eigenvalue weighted by atomic mass is 15.1. The van der Waals surface area contributed by atoms with Crippen LogP contribution in [-0.4, -0.2) is 0 Å². The van der Waals surface area contributed by atoms with E-state index in [1.165, 1.54) is 16.7 Å². The summed E-state index contributed by atoms with van der Waals surface area (Å²) < 4.78 is 0. The Bertz CT molecular complexity index is 1080. The molecule has 0 aliphatic carbocycles. The van der Waals surface area contributed by atoms with E-state index in [9.17, 15) is 0 Å². The van der Waals surface area contributed by atoms with Crippen molar-refractivity contribution in [1.29, 1.82) is 0 Å². The SMILES string of the molecule is C=Cc1ccc(N(c2ccccc2)c2cccc(-c3cccc(C)c3)c2)cc1. The third-order valence-electron chi connectivity index (χ3n) is 4.86. The van der Waals surface area contributed by atoms with Gasteiger partial charge in [-0.1, -0.05) is 84.9 Å². The molecule has 0 amide bonds. The summed E-state index contributed by atoms with van der Waals surface area (Å²) >= 11 is 0. The standard InChI is InChI=1S/C27H23N/c1-3-22-15-17-26(18-16-22)28(25-12-5-4-6-13-25)27-14-8-11-24(20-27)23-10-7-9-21(2)19-23/h3-20H,1H2,2H3. The molecule has 0 saturated carbocycles. The fourth-order valence-electron chi connectivity index (χ4n) is 3.43. The highest BCUT2D eigenvalue weighted by molar-refractivity contribution is 5.80. The van der Waals surface area contributed by atoms with Crippen LogP contribution in [0.15, 0.2) is 110 Å². The van der Waals surface area contributed by atoms with Gasteiger partial charge < -0.3 is 4.90 Å². The lowest BCUT2D eigenvalue weighted by atomic mass is 10.0. The molecule has 0 aliphatic rings. The Hall–Kier alpha value is -3.58. The van der Waals surface area contributed by atoms with Gasteiger partial charge >= 0.3 is 0 Å². The van der Waals surface area contributed by atoms with Crippen molar-refractivity contribution < 1.29 is 0 Å². The Morgan fingerprint density at radius 1 is 0.607 bits per heavy atom. The van der Waals surface area contributed by atoms with Crippen LogP contribution in [0.2, 0.25) is 0 Å². The van der Waals surface area contributed by atoms with Gasteiger partial charge in [0.05, 0.1) is 0 Å². The summed E-state index contributed by atoms with van der Waals surface area (Å²) in [5, 5.41) is 0. The monoisotopic (exact) mass is 361 g/mol. The number of anilines is 3. The number of aryl methyl sites for hydroxylation is 1. The van der Waals surface area contributed by atoms with Crippen molar-refractivity contribution >= 4 is 23.1 Å². The molecule has 0 unspecified atom stereocenters. The Balaban J connectivity index is 1.83. The van der Waals surface area contributed by atoms with E-state index in [2.05, 4.69) is 115 Å². The third kappa shape index (κ3) is 3.74. The minimum atomic E-state index is 1.12. The number of rotatable bonds is 5. The molecule has 0 atom stereocenters. The Kier molecular flexibility index (Phi) is 5.07. The fourth-order valence-corrected chi connectivity index (χ4v) is 3.43. The van der Waals surface area contributed by atoms with Crippen molar-refractivity contribution in [2.24, 2.45) is 0 Å². The van der Waals surface area contributed by atoms with Gasteiger partial charge in [-0.3, -0.25) is 0 Å². The van der Waals surface area contributed by atoms with Crippen LogP contribution in [0.3, 0.4) is 0 Å². The number of hydrogen-bond donors (Lipinski definition) is 0. The van der Waals surface area contributed by atoms with E-state index in [1.807, 2.05) is 12.1 Å². The first-order chi connectivity index (χ1) is 13.7. The van der Waals surface area contributed by atoms with Gasteiger partial charge in [0.2, 0.25) is 0 Å². The van der Waals surface area contributed by atoms with Crippen LogP contribution < -0.4 is 4.90 Å². The van der Waals surface area contributed by atoms with E-state index in [0.29, 0.717) is 0 Å². The van der Waals surface area contributed by atoms with Crippen LogP contribution in [-0.2, 0) is 0 Å². The highest BCUT2D eigenvalue weighted by Gasteiger charge is 2.13. The molecule has 0 aliphatic heterocycles. The zero-order valence-corrected chi connectivity index (χ0v) is 16.0. The Morgan fingerprint density at radius 2 is 1.21 bits per heavy atom. The quantitative estimate of drug-likeness (QED) is 0.351. The minimum absolute atomic E-state index is 1.12. The van der Waals surface area contributed by atoms with Crippen LogP contribution >= 0.6 is 0 Å². The second-order valence-electron chi connectivity index (χ2n) is 6.89. The first-order valence-corrected chi connectivity index (χ1v) is 9.49. The maximum absolute atomic E-state index is 3.86. The second kappa shape index (κ2) is 7.98. The minimum Gasteiger partial charge on any atom is -0.310 e. The molecule has 4 aromatic carbocycles. The van der Waals surface area contributed by atoms with Crippen molar-refractivity contribution in [3.8, 4) is 11.1 Å². The van der Waals surface area contributed by atoms with Crippen molar-refractivity contribution in [1.82, 2.24) is 0 Å². The zero-order valence-electron chi connectivity index (χ0n) is 16.0. The molecule has 4 rings (SSSR count). The van der Waals surface area contributed by atoms with Gasteiger partial charge in [-0.05, 0) is 60.0 Å². The summed E-state index contributed by atoms with van der Waals surface area (Å²) in [5.41, 5.74) is 8.22. The average molecular weight is 361 g/mol. The zero-order chi connectivity index (χ0) is 19.3. The predicted octanol–water partition coefficient (Wildman–Crippen LogP) is 7.77. The second-order valence-corrected chi connectivity index (χ2v) is 6.89. The fraction of sp³-hybridized carbons (Fsp3) is 0.0370. The van der Waals surface area contributed by atoms with E-state index in [-0.39, 0.29) is 0 Å². The normalized spacial score (nSPS) is 10.5. The van der Waals surface area contributed by atoms with Gasteiger partial charge in [-0.25, -0.2) is 0 Å². The molecule has 0 saturated heterocycles. The van der Waals surface area contributed by atoms with E-state index < -0.39 is 0 Å². The molecule has 0 heterocycles. The molecule has 0 spiro atoms. The molecular formula is C27H23N. The topological polar surface area (TPSA) is 3.24 Å². The molecule has 1 heteroatoms. The van der Waals surface area contributed by atoms with Gasteiger partial charge in [-0.15, -0.1) is 0 Å². The maximum Gasteiger partial charge on any atom is 0.0467 e. The molecule has 0 radical (unpaired) electrons. The van der Waals surface area contributed by atoms with E-state index in [0.717, 1.165) is 22.6 Å². The van der Waals surface area contributed by atoms with Gasteiger partial charge in [0.1, 0.15) is 0 Å². The Morgan fingerprint density at radius 3 is 1.89 bits per heavy atom. The lowest BCUT2D eigenvalue weighted by Gasteiger charge is -2.26. The number of benzene rings is 4. The Labute approximate surface area is 167 Å². The average Bonchev–Trinajstić information content (AvgIpc) is 2.75. The highest BCUT2D eigenvalue weighted by Crippen LogP contribution is 2.36. The third-order valence-corrected chi connectivity index (χ3v) is 4.86. The van der Waals surface area contributed by atoms with Crippen LogP contribution in [0.1, 0.15) is 11.1 Å².